The molecule has 0 aromatic heterocycles. The van der Waals surface area contributed by atoms with Gasteiger partial charge in [0, 0.05) is 5.57 Å². The minimum Gasteiger partial charge on any atom is -0.506 e. The third-order valence-corrected chi connectivity index (χ3v) is 3.58. The summed E-state index contributed by atoms with van der Waals surface area (Å²) < 4.78 is 0. The van der Waals surface area contributed by atoms with Crippen LogP contribution in [0.4, 0.5) is 0 Å². The molecule has 0 saturated heterocycles. The van der Waals surface area contributed by atoms with E-state index in [4.69, 9.17) is 10.2 Å². The van der Waals surface area contributed by atoms with Crippen LogP contribution in [0.15, 0.2) is 23.2 Å². The topological polar surface area (TPSA) is 228 Å². The predicted octanol–water partition coefficient (Wildman–Crippen LogP) is -3.39. The van der Waals surface area contributed by atoms with Crippen LogP contribution in [0.2, 0.25) is 0 Å². The molecule has 0 aliphatic carbocycles. The summed E-state index contributed by atoms with van der Waals surface area (Å²) in [6.45, 7) is 1.60. The highest BCUT2D eigenvalue weighted by Crippen LogP contribution is 2.24. The van der Waals surface area contributed by atoms with Crippen LogP contribution in [0, 0.1) is 0 Å². The van der Waals surface area contributed by atoms with Crippen LogP contribution >= 0.6 is 0 Å². The highest BCUT2D eigenvalue weighted by Gasteiger charge is 2.51. The summed E-state index contributed by atoms with van der Waals surface area (Å²) in [5.41, 5.74) is -3.42. The standard InChI is InChI=1S/C14H23NO11/c1-3-5(2)12(23)15-14(26,10(21)7(18)6(17)4-16)11(22)8(19)9(20)13(24)25/h3,6-7,10-11,16-22,26H,4H2,1-2H3,(H,15,23)(H,24,25)/t6-,7-,10+,11+,14+/m1/s1. The third kappa shape index (κ3) is 5.14. The van der Waals surface area contributed by atoms with E-state index in [0.29, 0.717) is 0 Å². The molecule has 0 saturated carbocycles. The number of carbonyl (C=O) groups excluding carboxylic acids is 1. The second kappa shape index (κ2) is 9.47. The molecule has 12 heteroatoms. The van der Waals surface area contributed by atoms with Gasteiger partial charge in [-0.05, 0) is 13.8 Å². The van der Waals surface area contributed by atoms with Gasteiger partial charge in [0.1, 0.15) is 18.3 Å². The van der Waals surface area contributed by atoms with Gasteiger partial charge >= 0.3 is 5.97 Å². The second-order valence-corrected chi connectivity index (χ2v) is 5.38. The molecule has 150 valence electrons. The molecule has 0 bridgehead atoms. The van der Waals surface area contributed by atoms with Crippen molar-refractivity contribution in [1.29, 1.82) is 0 Å². The zero-order chi connectivity index (χ0) is 20.8. The van der Waals surface area contributed by atoms with Crippen molar-refractivity contribution in [3.05, 3.63) is 23.2 Å². The number of aliphatic hydroxyl groups is 8. The number of aliphatic hydroxyl groups excluding tert-OH is 7. The van der Waals surface area contributed by atoms with Crippen molar-refractivity contribution >= 4 is 11.9 Å². The quantitative estimate of drug-likeness (QED) is 0.107. The van der Waals surface area contributed by atoms with E-state index >= 15 is 0 Å². The van der Waals surface area contributed by atoms with Crippen LogP contribution < -0.4 is 5.32 Å². The van der Waals surface area contributed by atoms with E-state index in [1.165, 1.54) is 19.9 Å². The van der Waals surface area contributed by atoms with Crippen molar-refractivity contribution in [2.45, 2.75) is 44.0 Å². The van der Waals surface area contributed by atoms with Gasteiger partial charge in [0.2, 0.25) is 17.4 Å². The van der Waals surface area contributed by atoms with Crippen molar-refractivity contribution in [2.24, 2.45) is 0 Å². The molecule has 0 rings (SSSR count). The number of carbonyl (C=O) groups is 2. The first-order valence-corrected chi connectivity index (χ1v) is 7.21. The van der Waals surface area contributed by atoms with Crippen LogP contribution in [-0.4, -0.2) is 94.6 Å². The highest BCUT2D eigenvalue weighted by atomic mass is 16.4. The molecule has 0 aliphatic rings. The van der Waals surface area contributed by atoms with E-state index in [0.717, 1.165) is 0 Å². The van der Waals surface area contributed by atoms with Gasteiger partial charge < -0.3 is 51.3 Å². The maximum Gasteiger partial charge on any atom is 0.374 e. The number of allylic oxidation sites excluding steroid dienone is 1. The molecule has 0 aromatic rings. The third-order valence-electron chi connectivity index (χ3n) is 3.58. The highest BCUT2D eigenvalue weighted by molar-refractivity contribution is 5.93. The molecule has 0 radical (unpaired) electrons. The lowest BCUT2D eigenvalue weighted by molar-refractivity contribution is -0.208. The molecule has 0 fully saturated rings. The summed E-state index contributed by atoms with van der Waals surface area (Å²) in [6.07, 6.45) is -8.62. The first-order valence-electron chi connectivity index (χ1n) is 7.21. The fourth-order valence-corrected chi connectivity index (χ4v) is 1.74. The minimum atomic E-state index is -3.37. The van der Waals surface area contributed by atoms with Crippen LogP contribution in [0.3, 0.4) is 0 Å². The second-order valence-electron chi connectivity index (χ2n) is 5.38. The lowest BCUT2D eigenvalue weighted by atomic mass is 9.91. The van der Waals surface area contributed by atoms with Crippen LogP contribution in [0.25, 0.3) is 0 Å². The summed E-state index contributed by atoms with van der Waals surface area (Å²) >= 11 is 0. The minimum absolute atomic E-state index is 0.0500. The van der Waals surface area contributed by atoms with Gasteiger partial charge in [-0.2, -0.15) is 0 Å². The van der Waals surface area contributed by atoms with Gasteiger partial charge in [-0.3, -0.25) is 4.79 Å². The normalized spacial score (nSPS) is 20.2. The average molecular weight is 381 g/mol. The fourth-order valence-electron chi connectivity index (χ4n) is 1.74. The molecule has 10 N–H and O–H groups in total. The predicted molar refractivity (Wildman–Crippen MR) is 83.6 cm³/mol. The van der Waals surface area contributed by atoms with Crippen molar-refractivity contribution < 1.29 is 55.5 Å². The number of amides is 1. The SMILES string of the molecule is CC=C(C)C(=O)N[C@@](O)([C@@H](O)C(O)=C(O)C(=O)O)[C@@H](O)[C@H](O)[C@H](O)CO. The largest absolute Gasteiger partial charge is 0.506 e. The lowest BCUT2D eigenvalue weighted by Crippen LogP contribution is -2.69. The molecule has 5 atom stereocenters. The molecule has 0 aromatic carbocycles. The van der Waals surface area contributed by atoms with Gasteiger partial charge in [0.05, 0.1) is 6.61 Å². The van der Waals surface area contributed by atoms with E-state index in [-0.39, 0.29) is 5.57 Å². The van der Waals surface area contributed by atoms with E-state index in [2.05, 4.69) is 0 Å². The zero-order valence-electron chi connectivity index (χ0n) is 13.9. The molecule has 0 unspecified atom stereocenters. The Morgan fingerprint density at radius 3 is 2.00 bits per heavy atom. The number of carboxylic acids is 1. The monoisotopic (exact) mass is 381 g/mol. The van der Waals surface area contributed by atoms with Crippen LogP contribution in [0.1, 0.15) is 13.8 Å². The average Bonchev–Trinajstić information content (AvgIpc) is 2.62. The first-order chi connectivity index (χ1) is 11.8. The maximum atomic E-state index is 12.0. The molecule has 12 nitrogen and oxygen atoms in total. The van der Waals surface area contributed by atoms with Crippen LogP contribution in [-0.2, 0) is 9.59 Å². The summed E-state index contributed by atoms with van der Waals surface area (Å²) in [5.74, 6) is -6.77. The maximum absolute atomic E-state index is 12.0. The lowest BCUT2D eigenvalue weighted by Gasteiger charge is -2.39. The number of hydrogen-bond acceptors (Lipinski definition) is 10. The molecule has 0 spiro atoms. The molecular weight excluding hydrogens is 358 g/mol. The van der Waals surface area contributed by atoms with Crippen molar-refractivity contribution in [1.82, 2.24) is 5.32 Å². The molecular formula is C14H23NO11. The summed E-state index contributed by atoms with van der Waals surface area (Å²) in [6, 6.07) is 0. The Kier molecular flexibility index (Phi) is 8.66. The summed E-state index contributed by atoms with van der Waals surface area (Å²) in [5, 5.41) is 87.5. The van der Waals surface area contributed by atoms with Gasteiger partial charge in [0.15, 0.2) is 11.9 Å². The smallest absolute Gasteiger partial charge is 0.374 e. The van der Waals surface area contributed by atoms with Gasteiger partial charge in [-0.15, -0.1) is 0 Å². The van der Waals surface area contributed by atoms with Crippen molar-refractivity contribution in [2.75, 3.05) is 6.61 Å². The number of aliphatic carboxylic acids is 1. The Bertz CT molecular complexity index is 587. The molecule has 0 heterocycles. The number of hydrogen-bond donors (Lipinski definition) is 10. The number of carboxylic acid groups (broad SMARTS) is 1. The molecule has 0 aliphatic heterocycles. The Hall–Kier alpha value is -2.22. The van der Waals surface area contributed by atoms with E-state index in [9.17, 15) is 45.3 Å². The molecule has 26 heavy (non-hydrogen) atoms. The van der Waals surface area contributed by atoms with E-state index < -0.39 is 60.1 Å². The van der Waals surface area contributed by atoms with E-state index in [1.807, 2.05) is 0 Å². The first kappa shape index (κ1) is 23.8. The van der Waals surface area contributed by atoms with Crippen molar-refractivity contribution in [3.8, 4) is 0 Å². The zero-order valence-corrected chi connectivity index (χ0v) is 13.9. The number of nitrogens with one attached hydrogen (secondary N) is 1. The fraction of sp³-hybridized carbons (Fsp3) is 0.571. The van der Waals surface area contributed by atoms with Crippen LogP contribution in [0.5, 0.6) is 0 Å². The Morgan fingerprint density at radius 2 is 1.62 bits per heavy atom. The van der Waals surface area contributed by atoms with Crippen molar-refractivity contribution in [3.63, 3.8) is 0 Å². The van der Waals surface area contributed by atoms with E-state index in [1.54, 1.807) is 5.32 Å². The Morgan fingerprint density at radius 1 is 1.12 bits per heavy atom. The Labute approximate surface area is 147 Å². The molecule has 1 amide bonds. The van der Waals surface area contributed by atoms with Gasteiger partial charge in [-0.1, -0.05) is 6.08 Å². The number of rotatable bonds is 9. The summed E-state index contributed by atoms with van der Waals surface area (Å²) in [4.78, 5) is 22.6. The summed E-state index contributed by atoms with van der Waals surface area (Å²) in [7, 11) is 0. The Balaban J connectivity index is 6.14. The van der Waals surface area contributed by atoms with Gasteiger partial charge in [0.25, 0.3) is 0 Å². The van der Waals surface area contributed by atoms with Gasteiger partial charge in [-0.25, -0.2) is 4.79 Å².